The maximum Gasteiger partial charge on any atom is 0.278 e. The smallest absolute Gasteiger partial charge is 0.278 e. The zero-order chi connectivity index (χ0) is 19.6. The molecular weight excluding hydrogens is 367 g/mol. The molecule has 0 aliphatic rings. The first-order valence-electron chi connectivity index (χ1n) is 8.61. The second kappa shape index (κ2) is 7.96. The Morgan fingerprint density at radius 2 is 2.04 bits per heavy atom. The predicted octanol–water partition coefficient (Wildman–Crippen LogP) is 3.16. The second-order valence-electron chi connectivity index (χ2n) is 6.57. The fourth-order valence-corrected chi connectivity index (χ4v) is 3.69. The molecule has 0 fully saturated rings. The van der Waals surface area contributed by atoms with Crippen molar-refractivity contribution in [1.82, 2.24) is 19.9 Å². The van der Waals surface area contributed by atoms with Gasteiger partial charge in [-0.15, -0.1) is 0 Å². The molecule has 6 nitrogen and oxygen atoms in total. The topological polar surface area (TPSA) is 79.8 Å². The van der Waals surface area contributed by atoms with Gasteiger partial charge < -0.3 is 10.3 Å². The summed E-state index contributed by atoms with van der Waals surface area (Å²) in [6, 6.07) is 7.71. The Morgan fingerprint density at radius 1 is 1.33 bits per heavy atom. The number of aryl methyl sites for hydroxylation is 1. The van der Waals surface area contributed by atoms with Crippen LogP contribution in [-0.2, 0) is 11.3 Å². The van der Waals surface area contributed by atoms with Crippen LogP contribution in [0.1, 0.15) is 31.1 Å². The van der Waals surface area contributed by atoms with Crippen LogP contribution in [0.25, 0.3) is 11.0 Å². The maximum absolute atomic E-state index is 12.9. The molecule has 0 aliphatic heterocycles. The molecule has 0 saturated carbocycles. The number of nitrogens with zero attached hydrogens (tertiary/aromatic N) is 2. The number of carbonyl (C=O) groups is 1. The number of rotatable bonds is 6. The van der Waals surface area contributed by atoms with Crippen LogP contribution in [0.5, 0.6) is 0 Å². The average Bonchev–Trinajstić information content (AvgIpc) is 3.00. The molecule has 0 saturated heterocycles. The van der Waals surface area contributed by atoms with Gasteiger partial charge in [0.1, 0.15) is 11.3 Å². The van der Waals surface area contributed by atoms with Gasteiger partial charge in [-0.3, -0.25) is 14.2 Å². The molecule has 3 aromatic rings. The van der Waals surface area contributed by atoms with Crippen molar-refractivity contribution in [2.45, 2.75) is 38.5 Å². The first-order valence-corrected chi connectivity index (χ1v) is 9.59. The monoisotopic (exact) mass is 388 g/mol. The van der Waals surface area contributed by atoms with Gasteiger partial charge in [0.25, 0.3) is 5.56 Å². The first-order chi connectivity index (χ1) is 12.8. The third kappa shape index (κ3) is 4.39. The number of carbonyl (C=O) groups excluding carboxylic acids is 1. The van der Waals surface area contributed by atoms with Gasteiger partial charge >= 0.3 is 0 Å². The van der Waals surface area contributed by atoms with Gasteiger partial charge in [-0.25, -0.2) is 9.37 Å². The van der Waals surface area contributed by atoms with E-state index in [0.717, 1.165) is 11.3 Å². The molecule has 2 N–H and O–H groups in total. The molecule has 8 heteroatoms. The van der Waals surface area contributed by atoms with E-state index in [0.29, 0.717) is 22.7 Å². The van der Waals surface area contributed by atoms with Crippen LogP contribution in [0, 0.1) is 12.7 Å². The highest BCUT2D eigenvalue weighted by Gasteiger charge is 2.16. The fourth-order valence-electron chi connectivity index (χ4n) is 2.73. The Labute approximate surface area is 160 Å². The van der Waals surface area contributed by atoms with Crippen molar-refractivity contribution in [1.29, 1.82) is 0 Å². The van der Waals surface area contributed by atoms with Crippen molar-refractivity contribution in [3.05, 3.63) is 57.8 Å². The summed E-state index contributed by atoms with van der Waals surface area (Å²) in [4.78, 5) is 32.5. The molecule has 0 spiro atoms. The maximum atomic E-state index is 12.9. The van der Waals surface area contributed by atoms with Crippen molar-refractivity contribution >= 4 is 28.7 Å². The molecule has 2 heterocycles. The second-order valence-corrected chi connectivity index (χ2v) is 7.51. The highest BCUT2D eigenvalue weighted by molar-refractivity contribution is 7.99. The Morgan fingerprint density at radius 3 is 2.70 bits per heavy atom. The van der Waals surface area contributed by atoms with E-state index >= 15 is 0 Å². The van der Waals surface area contributed by atoms with Crippen LogP contribution in [0.2, 0.25) is 0 Å². The minimum absolute atomic E-state index is 0.0808. The molecule has 0 atom stereocenters. The summed E-state index contributed by atoms with van der Waals surface area (Å²) >= 11 is 1.23. The number of thioether (sulfide) groups is 1. The van der Waals surface area contributed by atoms with Crippen molar-refractivity contribution in [2.75, 3.05) is 5.75 Å². The highest BCUT2D eigenvalue weighted by Crippen LogP contribution is 2.21. The van der Waals surface area contributed by atoms with E-state index in [9.17, 15) is 14.0 Å². The number of benzene rings is 1. The molecule has 0 unspecified atom stereocenters. The standard InChI is InChI=1S/C19H21FN4O2S/c1-11(2)24-18(26)17-15(8-12(3)22-17)23-19(24)27-10-16(25)21-9-13-4-6-14(20)7-5-13/h4-8,11,22H,9-10H2,1-3H3,(H,21,25). The van der Waals surface area contributed by atoms with Crippen LogP contribution in [0.3, 0.4) is 0 Å². The van der Waals surface area contributed by atoms with Crippen molar-refractivity contribution in [3.63, 3.8) is 0 Å². The molecule has 2 aromatic heterocycles. The summed E-state index contributed by atoms with van der Waals surface area (Å²) in [6.45, 7) is 6.00. The van der Waals surface area contributed by atoms with Crippen molar-refractivity contribution in [2.24, 2.45) is 0 Å². The number of aromatic amines is 1. The normalized spacial score (nSPS) is 11.3. The van der Waals surface area contributed by atoms with Crippen molar-refractivity contribution in [3.8, 4) is 0 Å². The lowest BCUT2D eigenvalue weighted by Gasteiger charge is -2.15. The number of hydrogen-bond acceptors (Lipinski definition) is 4. The highest BCUT2D eigenvalue weighted by atomic mass is 32.2. The summed E-state index contributed by atoms with van der Waals surface area (Å²) in [5, 5.41) is 3.30. The van der Waals surface area contributed by atoms with Crippen molar-refractivity contribution < 1.29 is 9.18 Å². The lowest BCUT2D eigenvalue weighted by molar-refractivity contribution is -0.118. The Bertz CT molecular complexity index is 1020. The number of hydrogen-bond donors (Lipinski definition) is 2. The van der Waals surface area contributed by atoms with E-state index < -0.39 is 0 Å². The summed E-state index contributed by atoms with van der Waals surface area (Å²) in [5.41, 5.74) is 2.62. The van der Waals surface area contributed by atoms with Crippen LogP contribution in [0.4, 0.5) is 4.39 Å². The minimum Gasteiger partial charge on any atom is -0.353 e. The van der Waals surface area contributed by atoms with E-state index in [-0.39, 0.29) is 29.1 Å². The molecule has 142 valence electrons. The van der Waals surface area contributed by atoms with E-state index in [1.165, 1.54) is 23.9 Å². The Kier molecular flexibility index (Phi) is 5.65. The number of halogens is 1. The van der Waals surface area contributed by atoms with Crippen LogP contribution in [0.15, 0.2) is 40.3 Å². The largest absolute Gasteiger partial charge is 0.353 e. The summed E-state index contributed by atoms with van der Waals surface area (Å²) in [6.07, 6.45) is 0. The van der Waals surface area contributed by atoms with Crippen LogP contribution < -0.4 is 10.9 Å². The number of amides is 1. The minimum atomic E-state index is -0.311. The number of fused-ring (bicyclic) bond motifs is 1. The van der Waals surface area contributed by atoms with E-state index in [1.807, 2.05) is 26.8 Å². The van der Waals surface area contributed by atoms with Gasteiger partial charge in [-0.1, -0.05) is 23.9 Å². The SMILES string of the molecule is Cc1cc2nc(SCC(=O)NCc3ccc(F)cc3)n(C(C)C)c(=O)c2[nH]1. The summed E-state index contributed by atoms with van der Waals surface area (Å²) < 4.78 is 14.5. The predicted molar refractivity (Wildman–Crippen MR) is 104 cm³/mol. The van der Waals surface area contributed by atoms with E-state index in [4.69, 9.17) is 0 Å². The average molecular weight is 388 g/mol. The third-order valence-corrected chi connectivity index (χ3v) is 4.99. The molecule has 0 radical (unpaired) electrons. The zero-order valence-electron chi connectivity index (χ0n) is 15.4. The number of nitrogens with one attached hydrogen (secondary N) is 2. The lowest BCUT2D eigenvalue weighted by atomic mass is 10.2. The molecule has 1 amide bonds. The van der Waals surface area contributed by atoms with Gasteiger partial charge in [0, 0.05) is 18.3 Å². The van der Waals surface area contributed by atoms with Crippen LogP contribution in [-0.4, -0.2) is 26.2 Å². The molecule has 0 aliphatic carbocycles. The first kappa shape index (κ1) is 19.2. The van der Waals surface area contributed by atoms with E-state index in [1.54, 1.807) is 16.7 Å². The Hall–Kier alpha value is -2.61. The lowest BCUT2D eigenvalue weighted by Crippen LogP contribution is -2.27. The number of aromatic nitrogens is 3. The molecule has 3 rings (SSSR count). The van der Waals surface area contributed by atoms with Gasteiger partial charge in [0.2, 0.25) is 5.91 Å². The molecule has 27 heavy (non-hydrogen) atoms. The van der Waals surface area contributed by atoms with Gasteiger partial charge in [0.05, 0.1) is 11.3 Å². The summed E-state index contributed by atoms with van der Waals surface area (Å²) in [5.74, 6) is -0.358. The van der Waals surface area contributed by atoms with Gasteiger partial charge in [-0.2, -0.15) is 0 Å². The quantitative estimate of drug-likeness (QED) is 0.502. The number of H-pyrrole nitrogens is 1. The van der Waals surface area contributed by atoms with E-state index in [2.05, 4.69) is 15.3 Å². The van der Waals surface area contributed by atoms with Gasteiger partial charge in [-0.05, 0) is 44.5 Å². The fraction of sp³-hybridized carbons (Fsp3) is 0.316. The third-order valence-electron chi connectivity index (χ3n) is 4.04. The molecule has 1 aromatic carbocycles. The van der Waals surface area contributed by atoms with Crippen LogP contribution >= 0.6 is 11.8 Å². The Balaban J connectivity index is 1.72. The molecular formula is C19H21FN4O2S. The molecule has 0 bridgehead atoms. The zero-order valence-corrected chi connectivity index (χ0v) is 16.2. The summed E-state index contributed by atoms with van der Waals surface area (Å²) in [7, 11) is 0. The van der Waals surface area contributed by atoms with Gasteiger partial charge in [0.15, 0.2) is 5.16 Å².